The minimum atomic E-state index is 0.438. The second kappa shape index (κ2) is 4.66. The van der Waals surface area contributed by atoms with E-state index >= 15 is 0 Å². The van der Waals surface area contributed by atoms with Gasteiger partial charge in [0.2, 0.25) is 0 Å². The number of nitriles is 1. The van der Waals surface area contributed by atoms with Gasteiger partial charge >= 0.3 is 0 Å². The fourth-order valence-electron chi connectivity index (χ4n) is 1.59. The zero-order valence-electron chi connectivity index (χ0n) is 8.73. The maximum absolute atomic E-state index is 8.64. The summed E-state index contributed by atoms with van der Waals surface area (Å²) in [7, 11) is 0. The molecule has 0 aliphatic heterocycles. The molecule has 5 nitrogen and oxygen atoms in total. The van der Waals surface area contributed by atoms with Crippen molar-refractivity contribution >= 4 is 27.6 Å². The number of nitrogens with two attached hydrogens (primary N) is 1. The van der Waals surface area contributed by atoms with Gasteiger partial charge < -0.3 is 10.6 Å². The summed E-state index contributed by atoms with van der Waals surface area (Å²) in [6.07, 6.45) is 4.26. The van der Waals surface area contributed by atoms with E-state index in [1.165, 1.54) is 6.33 Å². The van der Waals surface area contributed by atoms with Gasteiger partial charge in [-0.05, 0) is 28.8 Å². The van der Waals surface area contributed by atoms with Crippen LogP contribution in [0, 0.1) is 11.3 Å². The fourth-order valence-corrected chi connectivity index (χ4v) is 2.02. The SMILES string of the molecule is N#CCCN(c1ncnc(N)c1Br)C1CC1. The van der Waals surface area contributed by atoms with Crippen molar-refractivity contribution in [1.82, 2.24) is 9.97 Å². The van der Waals surface area contributed by atoms with Crippen molar-refractivity contribution in [2.24, 2.45) is 0 Å². The van der Waals surface area contributed by atoms with Gasteiger partial charge in [0.1, 0.15) is 22.4 Å². The highest BCUT2D eigenvalue weighted by Crippen LogP contribution is 2.35. The lowest BCUT2D eigenvalue weighted by Gasteiger charge is -2.23. The predicted octanol–water partition coefficient (Wildman–Crippen LogP) is 1.70. The van der Waals surface area contributed by atoms with Crippen molar-refractivity contribution in [2.75, 3.05) is 17.2 Å². The Morgan fingerprint density at radius 1 is 1.56 bits per heavy atom. The Balaban J connectivity index is 2.24. The van der Waals surface area contributed by atoms with E-state index in [0.29, 0.717) is 24.8 Å². The lowest BCUT2D eigenvalue weighted by atomic mass is 10.3. The van der Waals surface area contributed by atoms with Gasteiger partial charge in [0, 0.05) is 12.6 Å². The Morgan fingerprint density at radius 2 is 2.31 bits per heavy atom. The van der Waals surface area contributed by atoms with Gasteiger partial charge in [0.05, 0.1) is 12.5 Å². The van der Waals surface area contributed by atoms with E-state index in [9.17, 15) is 0 Å². The van der Waals surface area contributed by atoms with Gasteiger partial charge in [-0.1, -0.05) is 0 Å². The Bertz CT molecular complexity index is 424. The second-order valence-electron chi connectivity index (χ2n) is 3.73. The highest BCUT2D eigenvalue weighted by Gasteiger charge is 2.31. The van der Waals surface area contributed by atoms with Gasteiger partial charge in [-0.25, -0.2) is 9.97 Å². The number of nitrogen functional groups attached to an aromatic ring is 1. The summed E-state index contributed by atoms with van der Waals surface area (Å²) >= 11 is 3.39. The summed E-state index contributed by atoms with van der Waals surface area (Å²) in [5, 5.41) is 8.64. The lowest BCUT2D eigenvalue weighted by Crippen LogP contribution is -2.28. The molecule has 0 aromatic carbocycles. The molecule has 1 aliphatic rings. The molecule has 0 atom stereocenters. The van der Waals surface area contributed by atoms with Gasteiger partial charge in [-0.3, -0.25) is 0 Å². The summed E-state index contributed by atoms with van der Waals surface area (Å²) in [4.78, 5) is 10.3. The standard InChI is InChI=1S/C10H12BrN5/c11-8-9(13)14-6-15-10(8)16(5-1-4-12)7-2-3-7/h6-7H,1-3,5H2,(H2,13,14,15). The molecule has 16 heavy (non-hydrogen) atoms. The third-order valence-electron chi connectivity index (χ3n) is 2.52. The van der Waals surface area contributed by atoms with Crippen LogP contribution in [0.25, 0.3) is 0 Å². The van der Waals surface area contributed by atoms with Gasteiger partial charge in [-0.15, -0.1) is 0 Å². The first-order valence-corrected chi connectivity index (χ1v) is 5.93. The molecule has 2 N–H and O–H groups in total. The molecule has 1 aromatic rings. The van der Waals surface area contributed by atoms with Crippen LogP contribution in [-0.4, -0.2) is 22.6 Å². The van der Waals surface area contributed by atoms with Crippen molar-refractivity contribution in [2.45, 2.75) is 25.3 Å². The highest BCUT2D eigenvalue weighted by molar-refractivity contribution is 9.10. The van der Waals surface area contributed by atoms with E-state index in [1.54, 1.807) is 0 Å². The number of hydrogen-bond acceptors (Lipinski definition) is 5. The topological polar surface area (TPSA) is 78.8 Å². The molecular formula is C10H12BrN5. The van der Waals surface area contributed by atoms with E-state index in [-0.39, 0.29) is 0 Å². The summed E-state index contributed by atoms with van der Waals surface area (Å²) in [5.74, 6) is 1.23. The van der Waals surface area contributed by atoms with Crippen LogP contribution < -0.4 is 10.6 Å². The first-order chi connectivity index (χ1) is 7.74. The van der Waals surface area contributed by atoms with Crippen LogP contribution in [0.4, 0.5) is 11.6 Å². The van der Waals surface area contributed by atoms with E-state index in [2.05, 4.69) is 36.9 Å². The minimum Gasteiger partial charge on any atom is -0.383 e. The number of halogens is 1. The fraction of sp³-hybridized carbons (Fsp3) is 0.500. The van der Waals surface area contributed by atoms with Crippen LogP contribution in [0.1, 0.15) is 19.3 Å². The van der Waals surface area contributed by atoms with Gasteiger partial charge in [-0.2, -0.15) is 5.26 Å². The molecule has 2 rings (SSSR count). The van der Waals surface area contributed by atoms with E-state index in [4.69, 9.17) is 11.0 Å². The quantitative estimate of drug-likeness (QED) is 0.909. The van der Waals surface area contributed by atoms with Crippen molar-refractivity contribution in [1.29, 1.82) is 5.26 Å². The number of hydrogen-bond donors (Lipinski definition) is 1. The largest absolute Gasteiger partial charge is 0.383 e. The summed E-state index contributed by atoms with van der Waals surface area (Å²) < 4.78 is 0.722. The average Bonchev–Trinajstić information content (AvgIpc) is 3.08. The minimum absolute atomic E-state index is 0.438. The van der Waals surface area contributed by atoms with Crippen molar-refractivity contribution in [3.05, 3.63) is 10.8 Å². The van der Waals surface area contributed by atoms with Crippen molar-refractivity contribution < 1.29 is 0 Å². The third-order valence-corrected chi connectivity index (χ3v) is 3.28. The Morgan fingerprint density at radius 3 is 2.94 bits per heavy atom. The lowest BCUT2D eigenvalue weighted by molar-refractivity contribution is 0.773. The summed E-state index contributed by atoms with van der Waals surface area (Å²) in [5.41, 5.74) is 5.72. The van der Waals surface area contributed by atoms with Crippen LogP contribution >= 0.6 is 15.9 Å². The normalized spacial score (nSPS) is 14.5. The maximum Gasteiger partial charge on any atom is 0.148 e. The Labute approximate surface area is 102 Å². The number of anilines is 2. The van der Waals surface area contributed by atoms with Crippen LogP contribution in [0.15, 0.2) is 10.8 Å². The van der Waals surface area contributed by atoms with Crippen molar-refractivity contribution in [3.8, 4) is 6.07 Å². The molecule has 1 heterocycles. The zero-order chi connectivity index (χ0) is 11.5. The van der Waals surface area contributed by atoms with Crippen LogP contribution in [-0.2, 0) is 0 Å². The first-order valence-electron chi connectivity index (χ1n) is 5.13. The Kier molecular flexibility index (Phi) is 3.25. The molecular weight excluding hydrogens is 270 g/mol. The summed E-state index contributed by atoms with van der Waals surface area (Å²) in [6.45, 7) is 0.691. The molecule has 0 bridgehead atoms. The number of nitrogens with zero attached hydrogens (tertiary/aromatic N) is 4. The van der Waals surface area contributed by atoms with Crippen molar-refractivity contribution in [3.63, 3.8) is 0 Å². The highest BCUT2D eigenvalue weighted by atomic mass is 79.9. The molecule has 1 saturated carbocycles. The molecule has 0 spiro atoms. The van der Waals surface area contributed by atoms with Crippen LogP contribution in [0.5, 0.6) is 0 Å². The molecule has 1 aliphatic carbocycles. The molecule has 1 fully saturated rings. The molecule has 0 saturated heterocycles. The zero-order valence-corrected chi connectivity index (χ0v) is 10.3. The molecule has 0 unspecified atom stereocenters. The van der Waals surface area contributed by atoms with Gasteiger partial charge in [0.25, 0.3) is 0 Å². The van der Waals surface area contributed by atoms with E-state index in [1.807, 2.05) is 0 Å². The number of rotatable bonds is 4. The Hall–Kier alpha value is -1.35. The van der Waals surface area contributed by atoms with E-state index < -0.39 is 0 Å². The first kappa shape index (κ1) is 11.1. The average molecular weight is 282 g/mol. The molecule has 84 valence electrons. The summed E-state index contributed by atoms with van der Waals surface area (Å²) in [6, 6.07) is 2.65. The maximum atomic E-state index is 8.64. The monoisotopic (exact) mass is 281 g/mol. The molecule has 0 amide bonds. The molecule has 1 aromatic heterocycles. The van der Waals surface area contributed by atoms with Gasteiger partial charge in [0.15, 0.2) is 0 Å². The predicted molar refractivity (Wildman–Crippen MR) is 64.7 cm³/mol. The third kappa shape index (κ3) is 2.25. The second-order valence-corrected chi connectivity index (χ2v) is 4.52. The number of aromatic nitrogens is 2. The smallest absolute Gasteiger partial charge is 0.148 e. The van der Waals surface area contributed by atoms with Crippen LogP contribution in [0.3, 0.4) is 0 Å². The molecule has 6 heteroatoms. The van der Waals surface area contributed by atoms with E-state index in [0.717, 1.165) is 23.1 Å². The molecule has 0 radical (unpaired) electrons. The van der Waals surface area contributed by atoms with Crippen LogP contribution in [0.2, 0.25) is 0 Å².